The molecular formula is C16H19N3O4. The molecule has 7 heteroatoms. The molecule has 0 bridgehead atoms. The molecule has 1 aliphatic heterocycles. The summed E-state index contributed by atoms with van der Waals surface area (Å²) in [6, 6.07) is 6.11. The summed E-state index contributed by atoms with van der Waals surface area (Å²) in [7, 11) is 0. The second-order valence-electron chi connectivity index (χ2n) is 6.02. The number of oxazole rings is 1. The van der Waals surface area contributed by atoms with E-state index in [2.05, 4.69) is 16.8 Å². The second-order valence-corrected chi connectivity index (χ2v) is 6.02. The molecule has 2 heterocycles. The van der Waals surface area contributed by atoms with Crippen molar-refractivity contribution < 1.29 is 14.4 Å². The zero-order valence-corrected chi connectivity index (χ0v) is 12.9. The van der Waals surface area contributed by atoms with Gasteiger partial charge in [-0.2, -0.15) is 0 Å². The monoisotopic (exact) mass is 317 g/mol. The van der Waals surface area contributed by atoms with Crippen LogP contribution in [0.1, 0.15) is 19.0 Å². The highest BCUT2D eigenvalue weighted by atomic mass is 16.6. The Morgan fingerprint density at radius 1 is 1.43 bits per heavy atom. The number of β-amino-alcohol motifs (C(OH)–C–C–N with tert-alkyl or cyclic N) is 1. The first-order valence-electron chi connectivity index (χ1n) is 7.62. The van der Waals surface area contributed by atoms with Crippen LogP contribution in [-0.4, -0.2) is 39.1 Å². The molecule has 2 unspecified atom stereocenters. The van der Waals surface area contributed by atoms with E-state index in [1.54, 1.807) is 18.4 Å². The highest BCUT2D eigenvalue weighted by Crippen LogP contribution is 2.23. The molecule has 1 aromatic heterocycles. The maximum atomic E-state index is 10.7. The van der Waals surface area contributed by atoms with Crippen molar-refractivity contribution in [3.63, 3.8) is 0 Å². The zero-order valence-electron chi connectivity index (χ0n) is 12.9. The summed E-state index contributed by atoms with van der Waals surface area (Å²) < 4.78 is 5.47. The van der Waals surface area contributed by atoms with Crippen LogP contribution in [0.15, 0.2) is 34.9 Å². The molecule has 0 amide bonds. The minimum atomic E-state index is -0.437. The van der Waals surface area contributed by atoms with Crippen LogP contribution in [0.5, 0.6) is 0 Å². The third-order valence-corrected chi connectivity index (χ3v) is 4.27. The van der Waals surface area contributed by atoms with Crippen LogP contribution < -0.4 is 0 Å². The molecule has 1 fully saturated rings. The maximum Gasteiger partial charge on any atom is 0.269 e. The van der Waals surface area contributed by atoms with Gasteiger partial charge in [0.25, 0.3) is 5.69 Å². The first kappa shape index (κ1) is 15.6. The van der Waals surface area contributed by atoms with Gasteiger partial charge in [-0.25, -0.2) is 4.98 Å². The van der Waals surface area contributed by atoms with Crippen LogP contribution in [-0.2, 0) is 6.54 Å². The van der Waals surface area contributed by atoms with Gasteiger partial charge in [0.15, 0.2) is 0 Å². The summed E-state index contributed by atoms with van der Waals surface area (Å²) in [6.07, 6.45) is 2.26. The predicted molar refractivity (Wildman–Crippen MR) is 83.7 cm³/mol. The summed E-state index contributed by atoms with van der Waals surface area (Å²) in [5, 5.41) is 20.6. The fourth-order valence-electron chi connectivity index (χ4n) is 2.72. The second kappa shape index (κ2) is 6.47. The van der Waals surface area contributed by atoms with E-state index in [1.807, 2.05) is 0 Å². The lowest BCUT2D eigenvalue weighted by Crippen LogP contribution is -2.42. The Morgan fingerprint density at radius 2 is 2.17 bits per heavy atom. The van der Waals surface area contributed by atoms with Gasteiger partial charge in [-0.05, 0) is 31.0 Å². The van der Waals surface area contributed by atoms with Crippen molar-refractivity contribution >= 4 is 5.69 Å². The van der Waals surface area contributed by atoms with E-state index >= 15 is 0 Å². The fraction of sp³-hybridized carbons (Fsp3) is 0.438. The van der Waals surface area contributed by atoms with Crippen molar-refractivity contribution in [2.45, 2.75) is 26.0 Å². The first-order chi connectivity index (χ1) is 11.0. The summed E-state index contributed by atoms with van der Waals surface area (Å²) in [5.74, 6) is 0.778. The number of aliphatic hydroxyl groups excluding tert-OH is 1. The Bertz CT molecular complexity index is 683. The van der Waals surface area contributed by atoms with Gasteiger partial charge in [0, 0.05) is 30.8 Å². The van der Waals surface area contributed by atoms with Crippen LogP contribution in [0, 0.1) is 16.0 Å². The minimum Gasteiger partial charge on any atom is -0.444 e. The molecule has 23 heavy (non-hydrogen) atoms. The third-order valence-electron chi connectivity index (χ3n) is 4.27. The SMILES string of the molecule is CC1CCN(Cc2coc(-c3ccc([N+](=O)[O-])cc3)n2)CC1O. The number of nitro groups is 1. The summed E-state index contributed by atoms with van der Waals surface area (Å²) in [5.41, 5.74) is 1.53. The van der Waals surface area contributed by atoms with Gasteiger partial charge in [-0.15, -0.1) is 0 Å². The van der Waals surface area contributed by atoms with Gasteiger partial charge in [-0.1, -0.05) is 6.92 Å². The molecule has 0 radical (unpaired) electrons. The van der Waals surface area contributed by atoms with Gasteiger partial charge < -0.3 is 9.52 Å². The van der Waals surface area contributed by atoms with Crippen molar-refractivity contribution in [3.8, 4) is 11.5 Å². The highest BCUT2D eigenvalue weighted by molar-refractivity contribution is 5.55. The van der Waals surface area contributed by atoms with Crippen LogP contribution in [0.2, 0.25) is 0 Å². The summed E-state index contributed by atoms with van der Waals surface area (Å²) in [4.78, 5) is 16.8. The number of likely N-dealkylation sites (tertiary alicyclic amines) is 1. The average Bonchev–Trinajstić information content (AvgIpc) is 2.99. The van der Waals surface area contributed by atoms with Gasteiger partial charge >= 0.3 is 0 Å². The standard InChI is InChI=1S/C16H19N3O4/c1-11-6-7-18(9-15(11)20)8-13-10-23-16(17-13)12-2-4-14(5-3-12)19(21)22/h2-5,10-11,15,20H,6-9H2,1H3. The number of piperidine rings is 1. The number of benzene rings is 1. The highest BCUT2D eigenvalue weighted by Gasteiger charge is 2.24. The molecule has 1 saturated heterocycles. The van der Waals surface area contributed by atoms with Gasteiger partial charge in [0.05, 0.1) is 16.7 Å². The molecular weight excluding hydrogens is 298 g/mol. The van der Waals surface area contributed by atoms with Crippen molar-refractivity contribution in [1.29, 1.82) is 0 Å². The van der Waals surface area contributed by atoms with Gasteiger partial charge in [0.1, 0.15) is 6.26 Å². The lowest BCUT2D eigenvalue weighted by Gasteiger charge is -2.33. The molecule has 0 saturated carbocycles. The van der Waals surface area contributed by atoms with Crippen LogP contribution in [0.4, 0.5) is 5.69 Å². The van der Waals surface area contributed by atoms with Crippen molar-refractivity contribution in [2.75, 3.05) is 13.1 Å². The zero-order chi connectivity index (χ0) is 16.4. The normalized spacial score (nSPS) is 22.2. The quantitative estimate of drug-likeness (QED) is 0.688. The van der Waals surface area contributed by atoms with E-state index in [9.17, 15) is 15.2 Å². The van der Waals surface area contributed by atoms with E-state index in [0.717, 1.165) is 18.7 Å². The van der Waals surface area contributed by atoms with Crippen molar-refractivity contribution in [1.82, 2.24) is 9.88 Å². The van der Waals surface area contributed by atoms with Gasteiger partial charge in [0.2, 0.25) is 5.89 Å². The molecule has 3 rings (SSSR count). The van der Waals surface area contributed by atoms with E-state index in [0.29, 0.717) is 30.5 Å². The number of nitrogens with zero attached hydrogens (tertiary/aromatic N) is 3. The minimum absolute atomic E-state index is 0.0388. The molecule has 2 atom stereocenters. The Balaban J connectivity index is 1.67. The first-order valence-corrected chi connectivity index (χ1v) is 7.62. The van der Waals surface area contributed by atoms with Crippen molar-refractivity contribution in [3.05, 3.63) is 46.3 Å². The average molecular weight is 317 g/mol. The largest absolute Gasteiger partial charge is 0.444 e. The maximum absolute atomic E-state index is 10.7. The Morgan fingerprint density at radius 3 is 2.83 bits per heavy atom. The number of non-ortho nitro benzene ring substituents is 1. The summed E-state index contributed by atoms with van der Waals surface area (Å²) in [6.45, 7) is 4.25. The molecule has 0 spiro atoms. The molecule has 122 valence electrons. The molecule has 7 nitrogen and oxygen atoms in total. The number of aliphatic hydroxyl groups is 1. The predicted octanol–water partition coefficient (Wildman–Crippen LogP) is 2.45. The van der Waals surface area contributed by atoms with Gasteiger partial charge in [-0.3, -0.25) is 15.0 Å². The molecule has 1 aliphatic rings. The molecule has 1 aromatic carbocycles. The lowest BCUT2D eigenvalue weighted by atomic mass is 9.96. The Kier molecular flexibility index (Phi) is 4.40. The van der Waals surface area contributed by atoms with Crippen molar-refractivity contribution in [2.24, 2.45) is 5.92 Å². The van der Waals surface area contributed by atoms with E-state index < -0.39 is 4.92 Å². The van der Waals surface area contributed by atoms with E-state index in [-0.39, 0.29) is 11.8 Å². The number of nitro benzene ring substituents is 1. The van der Waals surface area contributed by atoms with E-state index in [1.165, 1.54) is 12.1 Å². The lowest BCUT2D eigenvalue weighted by molar-refractivity contribution is -0.384. The number of aromatic nitrogens is 1. The number of hydrogen-bond donors (Lipinski definition) is 1. The summed E-state index contributed by atoms with van der Waals surface area (Å²) >= 11 is 0. The number of hydrogen-bond acceptors (Lipinski definition) is 6. The topological polar surface area (TPSA) is 92.6 Å². The molecule has 0 aliphatic carbocycles. The molecule has 2 aromatic rings. The smallest absolute Gasteiger partial charge is 0.269 e. The van der Waals surface area contributed by atoms with Crippen LogP contribution >= 0.6 is 0 Å². The third kappa shape index (κ3) is 3.57. The molecule has 1 N–H and O–H groups in total. The van der Waals surface area contributed by atoms with Crippen LogP contribution in [0.3, 0.4) is 0 Å². The van der Waals surface area contributed by atoms with Crippen LogP contribution in [0.25, 0.3) is 11.5 Å². The Hall–Kier alpha value is -2.25. The number of rotatable bonds is 4. The van der Waals surface area contributed by atoms with E-state index in [4.69, 9.17) is 4.42 Å². The fourth-order valence-corrected chi connectivity index (χ4v) is 2.72. The Labute approximate surface area is 133 Å².